The van der Waals surface area contributed by atoms with Gasteiger partial charge in [0.1, 0.15) is 16.2 Å². The van der Waals surface area contributed by atoms with Crippen molar-refractivity contribution in [1.29, 1.82) is 0 Å². The molecule has 0 aliphatic carbocycles. The summed E-state index contributed by atoms with van der Waals surface area (Å²) in [5.74, 6) is 1.01. The lowest BCUT2D eigenvalue weighted by Gasteiger charge is -2.12. The van der Waals surface area contributed by atoms with E-state index in [4.69, 9.17) is 5.73 Å². The number of anilines is 1. The Balaban J connectivity index is 2.67. The zero-order valence-electron chi connectivity index (χ0n) is 8.62. The zero-order chi connectivity index (χ0) is 11.4. The number of hydrogen-bond acceptors (Lipinski definition) is 4. The van der Waals surface area contributed by atoms with Crippen molar-refractivity contribution < 1.29 is 4.79 Å². The molecule has 1 amide bonds. The van der Waals surface area contributed by atoms with E-state index in [-0.39, 0.29) is 18.4 Å². The minimum absolute atomic E-state index is 0.0382. The highest BCUT2D eigenvalue weighted by Gasteiger charge is 2.07. The Hall–Kier alpha value is -1.17. The third-order valence-corrected chi connectivity index (χ3v) is 2.11. The molecule has 3 N–H and O–H groups in total. The van der Waals surface area contributed by atoms with E-state index in [9.17, 15) is 4.79 Å². The molecule has 0 spiro atoms. The summed E-state index contributed by atoms with van der Waals surface area (Å²) in [6.07, 6.45) is 0.278. The Labute approximate surface area is 96.6 Å². The second-order valence-corrected chi connectivity index (χ2v) is 4.15. The summed E-state index contributed by atoms with van der Waals surface area (Å²) in [5.41, 5.74) is 5.09. The highest BCUT2D eigenvalue weighted by atomic mass is 79.9. The fourth-order valence-corrected chi connectivity index (χ4v) is 1.68. The lowest BCUT2D eigenvalue weighted by molar-refractivity contribution is -0.118. The Morgan fingerprint density at radius 3 is 2.87 bits per heavy atom. The first-order valence-electron chi connectivity index (χ1n) is 4.53. The van der Waals surface area contributed by atoms with E-state index >= 15 is 0 Å². The van der Waals surface area contributed by atoms with E-state index in [2.05, 4.69) is 31.2 Å². The van der Waals surface area contributed by atoms with Gasteiger partial charge in [0.25, 0.3) is 0 Å². The number of nitrogens with two attached hydrogens (primary N) is 1. The first-order chi connectivity index (χ1) is 6.97. The number of nitrogens with zero attached hydrogens (tertiary/aromatic N) is 2. The van der Waals surface area contributed by atoms with E-state index in [0.717, 1.165) is 0 Å². The van der Waals surface area contributed by atoms with Gasteiger partial charge in [-0.1, -0.05) is 0 Å². The van der Waals surface area contributed by atoms with Gasteiger partial charge in [-0.15, -0.1) is 0 Å². The Kier molecular flexibility index (Phi) is 4.02. The van der Waals surface area contributed by atoms with Crippen molar-refractivity contribution in [2.75, 3.05) is 5.32 Å². The van der Waals surface area contributed by atoms with Crippen molar-refractivity contribution in [2.45, 2.75) is 26.3 Å². The van der Waals surface area contributed by atoms with Crippen LogP contribution in [0.1, 0.15) is 19.2 Å². The van der Waals surface area contributed by atoms with E-state index < -0.39 is 0 Å². The van der Waals surface area contributed by atoms with E-state index in [1.165, 1.54) is 0 Å². The fourth-order valence-electron chi connectivity index (χ4n) is 1.21. The van der Waals surface area contributed by atoms with Crippen LogP contribution in [0.3, 0.4) is 0 Å². The van der Waals surface area contributed by atoms with Crippen LogP contribution < -0.4 is 11.1 Å². The van der Waals surface area contributed by atoms with Crippen LogP contribution in [0.4, 0.5) is 5.82 Å². The van der Waals surface area contributed by atoms with Crippen LogP contribution in [0, 0.1) is 6.92 Å². The molecule has 1 rings (SSSR count). The topological polar surface area (TPSA) is 80.9 Å². The minimum Gasteiger partial charge on any atom is -0.370 e. The summed E-state index contributed by atoms with van der Waals surface area (Å²) in [6, 6.07) is 1.72. The third-order valence-electron chi connectivity index (χ3n) is 1.71. The van der Waals surface area contributed by atoms with E-state index in [1.807, 2.05) is 6.92 Å². The maximum atomic E-state index is 10.7. The number of primary amides is 1. The molecule has 82 valence electrons. The van der Waals surface area contributed by atoms with Crippen molar-refractivity contribution in [3.63, 3.8) is 0 Å². The van der Waals surface area contributed by atoms with Crippen LogP contribution in [0.25, 0.3) is 0 Å². The average molecular weight is 273 g/mol. The predicted octanol–water partition coefficient (Wildman–Crippen LogP) is 1.22. The van der Waals surface area contributed by atoms with Gasteiger partial charge in [0.15, 0.2) is 0 Å². The van der Waals surface area contributed by atoms with Crippen molar-refractivity contribution in [2.24, 2.45) is 5.73 Å². The molecular formula is C9H13BrN4O. The van der Waals surface area contributed by atoms with Crippen molar-refractivity contribution in [1.82, 2.24) is 9.97 Å². The lowest BCUT2D eigenvalue weighted by Crippen LogP contribution is -2.24. The lowest BCUT2D eigenvalue weighted by atomic mass is 10.2. The van der Waals surface area contributed by atoms with Crippen LogP contribution in [0.5, 0.6) is 0 Å². The molecule has 0 bridgehead atoms. The number of rotatable bonds is 4. The van der Waals surface area contributed by atoms with Gasteiger partial charge >= 0.3 is 0 Å². The second-order valence-electron chi connectivity index (χ2n) is 3.34. The summed E-state index contributed by atoms with van der Waals surface area (Å²) in [4.78, 5) is 18.9. The Morgan fingerprint density at radius 1 is 1.67 bits per heavy atom. The molecule has 0 saturated carbocycles. The van der Waals surface area contributed by atoms with Gasteiger partial charge in [-0.2, -0.15) is 0 Å². The molecule has 1 unspecified atom stereocenters. The average Bonchev–Trinajstić information content (AvgIpc) is 1.98. The maximum absolute atomic E-state index is 10.7. The Bertz CT molecular complexity index is 349. The number of carbonyl (C=O) groups excluding carboxylic acids is 1. The molecule has 0 radical (unpaired) electrons. The highest BCUT2D eigenvalue weighted by molar-refractivity contribution is 9.10. The van der Waals surface area contributed by atoms with Crippen LogP contribution >= 0.6 is 15.9 Å². The minimum atomic E-state index is -0.333. The molecule has 6 heteroatoms. The molecule has 0 aliphatic rings. The van der Waals surface area contributed by atoms with Gasteiger partial charge in [0.05, 0.1) is 0 Å². The van der Waals surface area contributed by atoms with Gasteiger partial charge in [0, 0.05) is 18.5 Å². The molecule has 5 nitrogen and oxygen atoms in total. The normalized spacial score (nSPS) is 12.2. The number of hydrogen-bond donors (Lipinski definition) is 2. The van der Waals surface area contributed by atoms with Crippen molar-refractivity contribution >= 4 is 27.7 Å². The molecule has 15 heavy (non-hydrogen) atoms. The van der Waals surface area contributed by atoms with Gasteiger partial charge in [-0.05, 0) is 29.8 Å². The van der Waals surface area contributed by atoms with Crippen molar-refractivity contribution in [3.8, 4) is 0 Å². The van der Waals surface area contributed by atoms with Crippen LogP contribution in [-0.4, -0.2) is 21.9 Å². The number of amides is 1. The summed E-state index contributed by atoms with van der Waals surface area (Å²) in [7, 11) is 0. The molecule has 1 atom stereocenters. The SMILES string of the molecule is Cc1nc(Br)cc(NC(C)CC(N)=O)n1. The quantitative estimate of drug-likeness (QED) is 0.808. The molecule has 0 aromatic carbocycles. The Morgan fingerprint density at radius 2 is 2.33 bits per heavy atom. The van der Waals surface area contributed by atoms with Gasteiger partial charge in [-0.3, -0.25) is 4.79 Å². The number of carbonyl (C=O) groups is 1. The monoisotopic (exact) mass is 272 g/mol. The number of halogens is 1. The summed E-state index contributed by atoms with van der Waals surface area (Å²) < 4.78 is 0.712. The summed E-state index contributed by atoms with van der Waals surface area (Å²) >= 11 is 3.27. The molecule has 0 aliphatic heterocycles. The predicted molar refractivity (Wildman–Crippen MR) is 61.4 cm³/mol. The number of aryl methyl sites for hydroxylation is 1. The standard InChI is InChI=1S/C9H13BrN4O/c1-5(3-8(11)15)12-9-4-7(10)13-6(2)14-9/h4-5H,3H2,1-2H3,(H2,11,15)(H,12,13,14). The van der Waals surface area contributed by atoms with Gasteiger partial charge in [-0.25, -0.2) is 9.97 Å². The van der Waals surface area contributed by atoms with Crippen LogP contribution in [0.2, 0.25) is 0 Å². The molecule has 0 fully saturated rings. The summed E-state index contributed by atoms with van der Waals surface area (Å²) in [6.45, 7) is 3.67. The molecule has 1 aromatic heterocycles. The van der Waals surface area contributed by atoms with E-state index in [0.29, 0.717) is 16.2 Å². The largest absolute Gasteiger partial charge is 0.370 e. The van der Waals surface area contributed by atoms with E-state index in [1.54, 1.807) is 13.0 Å². The number of nitrogens with one attached hydrogen (secondary N) is 1. The first kappa shape index (κ1) is 11.9. The molecule has 1 aromatic rings. The smallest absolute Gasteiger partial charge is 0.219 e. The molecular weight excluding hydrogens is 260 g/mol. The second kappa shape index (κ2) is 5.06. The molecule has 0 saturated heterocycles. The maximum Gasteiger partial charge on any atom is 0.219 e. The third kappa shape index (κ3) is 4.24. The van der Waals surface area contributed by atoms with Crippen LogP contribution in [0.15, 0.2) is 10.7 Å². The van der Waals surface area contributed by atoms with Crippen molar-refractivity contribution in [3.05, 3.63) is 16.5 Å². The highest BCUT2D eigenvalue weighted by Crippen LogP contribution is 2.13. The molecule has 1 heterocycles. The summed E-state index contributed by atoms with van der Waals surface area (Å²) in [5, 5.41) is 3.07. The zero-order valence-corrected chi connectivity index (χ0v) is 10.2. The first-order valence-corrected chi connectivity index (χ1v) is 5.32. The number of aromatic nitrogens is 2. The van der Waals surface area contributed by atoms with Gasteiger partial charge in [0.2, 0.25) is 5.91 Å². The fraction of sp³-hybridized carbons (Fsp3) is 0.444. The van der Waals surface area contributed by atoms with Crippen LogP contribution in [-0.2, 0) is 4.79 Å². The van der Waals surface area contributed by atoms with Gasteiger partial charge < -0.3 is 11.1 Å².